The largest absolute Gasteiger partial charge is 0.490 e. The highest BCUT2D eigenvalue weighted by Crippen LogP contribution is 2.13. The van der Waals surface area contributed by atoms with E-state index in [1.165, 1.54) is 0 Å². The maximum Gasteiger partial charge on any atom is 0.119 e. The van der Waals surface area contributed by atoms with Gasteiger partial charge in [0.15, 0.2) is 0 Å². The van der Waals surface area contributed by atoms with Crippen LogP contribution < -0.4 is 4.74 Å². The van der Waals surface area contributed by atoms with Gasteiger partial charge in [0.05, 0.1) is 6.10 Å². The first kappa shape index (κ1) is 7.66. The fourth-order valence-electron chi connectivity index (χ4n) is 1.06. The van der Waals surface area contributed by atoms with E-state index in [4.69, 9.17) is 6.11 Å². The topological polar surface area (TPSA) is 9.23 Å². The highest BCUT2D eigenvalue weighted by molar-refractivity contribution is 5.21. The lowest BCUT2D eigenvalue weighted by molar-refractivity contribution is 0.193. The van der Waals surface area contributed by atoms with Gasteiger partial charge in [0.25, 0.3) is 0 Å². The predicted octanol–water partition coefficient (Wildman–Crippen LogP) is 3.25. The smallest absolute Gasteiger partial charge is 0.119 e. The van der Waals surface area contributed by atoms with Crippen LogP contribution in [0.4, 0.5) is 0 Å². The molecule has 1 aromatic rings. The highest BCUT2D eigenvalue weighted by atomic mass is 16.5. The Bertz CT molecular complexity index is 233. The van der Waals surface area contributed by atoms with E-state index < -0.39 is 0 Å². The third-order valence-electron chi connectivity index (χ3n) is 1.80. The molecule has 0 saturated carbocycles. The molecule has 0 aliphatic heterocycles. The maximum atomic E-state index is 7.56. The molecule has 0 fully saturated rings. The van der Waals surface area contributed by atoms with Crippen LogP contribution in [0.15, 0.2) is 30.3 Å². The van der Waals surface area contributed by atoms with Crippen molar-refractivity contribution in [2.45, 2.75) is 32.8 Å². The Balaban J connectivity index is 2.57. The van der Waals surface area contributed by atoms with E-state index in [0.29, 0.717) is 0 Å². The average Bonchev–Trinajstić information content (AvgIpc) is 2.15. The number of ether oxygens (including phenoxy) is 1. The molecular weight excluding hydrogens is 148 g/mol. The minimum absolute atomic E-state index is 0.00222. The molecule has 1 aromatic carbocycles. The van der Waals surface area contributed by atoms with Crippen LogP contribution in [0, 0.1) is 0 Å². The number of benzene rings is 1. The molecule has 0 saturated heterocycles. The van der Waals surface area contributed by atoms with Crippen molar-refractivity contribution in [2.75, 3.05) is 0 Å². The van der Waals surface area contributed by atoms with Crippen LogP contribution in [0.3, 0.4) is 0 Å². The minimum atomic E-state index is -0.176. The minimum Gasteiger partial charge on any atom is -0.490 e. The zero-order valence-corrected chi connectivity index (χ0v) is 7.66. The van der Waals surface area contributed by atoms with E-state index in [1.807, 2.05) is 44.2 Å². The van der Waals surface area contributed by atoms with Crippen LogP contribution in [-0.4, -0.2) is 6.10 Å². The van der Waals surface area contributed by atoms with Gasteiger partial charge in [-0.1, -0.05) is 32.0 Å². The third kappa shape index (κ3) is 2.57. The Labute approximate surface area is 75.8 Å². The molecule has 0 aromatic heterocycles. The van der Waals surface area contributed by atoms with Crippen molar-refractivity contribution in [3.63, 3.8) is 0 Å². The van der Waals surface area contributed by atoms with E-state index in [1.54, 1.807) is 0 Å². The second-order valence-electron chi connectivity index (χ2n) is 2.71. The maximum absolute atomic E-state index is 7.56. The summed E-state index contributed by atoms with van der Waals surface area (Å²) in [6.45, 7) is 3.90. The molecule has 0 spiro atoms. The summed E-state index contributed by atoms with van der Waals surface area (Å²) in [6, 6.07) is 9.68. The van der Waals surface area contributed by atoms with Crippen LogP contribution in [0.2, 0.25) is 0 Å². The quantitative estimate of drug-likeness (QED) is 0.665. The van der Waals surface area contributed by atoms with Crippen LogP contribution in [0.1, 0.15) is 28.0 Å². The fraction of sp³-hybridized carbons (Fsp3) is 0.455. The van der Waals surface area contributed by atoms with Gasteiger partial charge in [0.1, 0.15) is 5.75 Å². The SMILES string of the molecule is [2H][C@@H](C)[C@@H](CC)Oc1ccccc1. The fourth-order valence-corrected chi connectivity index (χ4v) is 1.06. The monoisotopic (exact) mass is 165 g/mol. The summed E-state index contributed by atoms with van der Waals surface area (Å²) in [5, 5.41) is 0. The third-order valence-corrected chi connectivity index (χ3v) is 1.80. The summed E-state index contributed by atoms with van der Waals surface area (Å²) in [5.74, 6) is 0.855. The van der Waals surface area contributed by atoms with Gasteiger partial charge >= 0.3 is 0 Å². The molecule has 0 bridgehead atoms. The van der Waals surface area contributed by atoms with Gasteiger partial charge in [-0.15, -0.1) is 0 Å². The zero-order chi connectivity index (χ0) is 9.68. The summed E-state index contributed by atoms with van der Waals surface area (Å²) in [5.41, 5.74) is 0. The molecule has 0 amide bonds. The van der Waals surface area contributed by atoms with E-state index in [9.17, 15) is 0 Å². The first-order valence-electron chi connectivity index (χ1n) is 4.95. The number of hydrogen-bond acceptors (Lipinski definition) is 1. The number of rotatable bonds is 4. The second kappa shape index (κ2) is 4.81. The zero-order valence-electron chi connectivity index (χ0n) is 8.66. The van der Waals surface area contributed by atoms with Crippen molar-refractivity contribution in [3.8, 4) is 5.75 Å². The molecule has 0 aliphatic rings. The Morgan fingerprint density at radius 3 is 2.50 bits per heavy atom. The van der Waals surface area contributed by atoms with Crippen molar-refractivity contribution in [3.05, 3.63) is 30.3 Å². The van der Waals surface area contributed by atoms with Gasteiger partial charge in [-0.3, -0.25) is 0 Å². The number of hydrogen-bond donors (Lipinski definition) is 0. The molecule has 0 N–H and O–H groups in total. The van der Waals surface area contributed by atoms with Crippen LogP contribution in [-0.2, 0) is 0 Å². The van der Waals surface area contributed by atoms with Crippen LogP contribution >= 0.6 is 0 Å². The van der Waals surface area contributed by atoms with E-state index >= 15 is 0 Å². The van der Waals surface area contributed by atoms with Gasteiger partial charge < -0.3 is 4.74 Å². The summed E-state index contributed by atoms with van der Waals surface area (Å²) in [4.78, 5) is 0. The molecule has 2 atom stereocenters. The Kier molecular flexibility index (Phi) is 3.07. The summed E-state index contributed by atoms with van der Waals surface area (Å²) in [6.07, 6.45) is 0.701. The van der Waals surface area contributed by atoms with E-state index in [2.05, 4.69) is 0 Å². The standard InChI is InChI=1S/C11H16O/c1-3-10(4-2)12-11-8-6-5-7-9-11/h5-10H,3-4H2,1-2H3/i3D/t3-,10-/m0/s1. The van der Waals surface area contributed by atoms with Crippen molar-refractivity contribution in [2.24, 2.45) is 0 Å². The lowest BCUT2D eigenvalue weighted by atomic mass is 10.2. The molecule has 1 rings (SSSR count). The van der Waals surface area contributed by atoms with Crippen molar-refractivity contribution < 1.29 is 6.11 Å². The van der Waals surface area contributed by atoms with Crippen LogP contribution in [0.5, 0.6) is 5.75 Å². The predicted molar refractivity (Wildman–Crippen MR) is 51.4 cm³/mol. The van der Waals surface area contributed by atoms with Crippen molar-refractivity contribution in [1.29, 1.82) is 0 Å². The van der Waals surface area contributed by atoms with E-state index in [0.717, 1.165) is 12.2 Å². The lowest BCUT2D eigenvalue weighted by Gasteiger charge is -2.14. The van der Waals surface area contributed by atoms with Crippen molar-refractivity contribution in [1.82, 2.24) is 0 Å². The van der Waals surface area contributed by atoms with Gasteiger partial charge in [0.2, 0.25) is 0 Å². The number of para-hydroxylation sites is 1. The molecule has 0 unspecified atom stereocenters. The molecular formula is C11H16O. The first-order valence-corrected chi connectivity index (χ1v) is 4.38. The lowest BCUT2D eigenvalue weighted by Crippen LogP contribution is -2.13. The van der Waals surface area contributed by atoms with Gasteiger partial charge in [-0.25, -0.2) is 0 Å². The van der Waals surface area contributed by atoms with Crippen LogP contribution in [0.25, 0.3) is 0 Å². The molecule has 1 nitrogen and oxygen atoms in total. The van der Waals surface area contributed by atoms with Crippen molar-refractivity contribution >= 4 is 0 Å². The van der Waals surface area contributed by atoms with E-state index in [-0.39, 0.29) is 12.5 Å². The summed E-state index contributed by atoms with van der Waals surface area (Å²) in [7, 11) is 0. The molecule has 0 aliphatic carbocycles. The summed E-state index contributed by atoms with van der Waals surface area (Å²) < 4.78 is 13.2. The summed E-state index contributed by atoms with van der Waals surface area (Å²) >= 11 is 0. The van der Waals surface area contributed by atoms with Gasteiger partial charge in [0, 0.05) is 1.37 Å². The van der Waals surface area contributed by atoms with Gasteiger partial charge in [-0.05, 0) is 25.0 Å². The molecule has 0 heterocycles. The molecule has 1 heteroatoms. The Hall–Kier alpha value is -0.980. The Morgan fingerprint density at radius 1 is 1.33 bits per heavy atom. The van der Waals surface area contributed by atoms with Gasteiger partial charge in [-0.2, -0.15) is 0 Å². The first-order chi connectivity index (χ1) is 6.24. The molecule has 12 heavy (non-hydrogen) atoms. The molecule has 66 valence electrons. The highest BCUT2D eigenvalue weighted by Gasteiger charge is 2.03. The normalized spacial score (nSPS) is 16.3. The Morgan fingerprint density at radius 2 is 2.00 bits per heavy atom. The average molecular weight is 165 g/mol. The second-order valence-corrected chi connectivity index (χ2v) is 2.71. The molecule has 0 radical (unpaired) electrons.